The summed E-state index contributed by atoms with van der Waals surface area (Å²) in [6, 6.07) is -0.889. The predicted molar refractivity (Wildman–Crippen MR) is 228 cm³/mol. The highest BCUT2D eigenvalue weighted by Crippen LogP contribution is 2.17. The molecule has 0 aromatic heterocycles. The zero-order valence-corrected chi connectivity index (χ0v) is 36.7. The molecule has 0 aromatic carbocycles. The number of nitrogens with two attached hydrogens (primary N) is 1. The molecule has 0 aliphatic heterocycles. The van der Waals surface area contributed by atoms with Gasteiger partial charge in [-0.25, -0.2) is 0 Å². The molecule has 0 saturated heterocycles. The van der Waals surface area contributed by atoms with Gasteiger partial charge in [-0.05, 0) is 51.9 Å². The van der Waals surface area contributed by atoms with E-state index in [2.05, 4.69) is 10.6 Å². The van der Waals surface area contributed by atoms with Gasteiger partial charge < -0.3 is 50.3 Å². The normalized spacial score (nSPS) is 12.2. The lowest BCUT2D eigenvalue weighted by molar-refractivity contribution is -0.144. The first-order valence-electron chi connectivity index (χ1n) is 22.5. The second-order valence-electron chi connectivity index (χ2n) is 15.6. The van der Waals surface area contributed by atoms with E-state index >= 15 is 0 Å². The molecule has 6 N–H and O–H groups in total. The number of hydrogen-bond donors (Lipinski definition) is 5. The van der Waals surface area contributed by atoms with Gasteiger partial charge in [0.15, 0.2) is 5.78 Å². The minimum Gasteiger partial charge on any atom is -0.481 e. The molecular formula is C44H79N3O13. The van der Waals surface area contributed by atoms with Crippen molar-refractivity contribution < 1.29 is 62.7 Å². The number of hydrogen-bond acceptors (Lipinski definition) is 12. The Bertz CT molecular complexity index is 1170. The van der Waals surface area contributed by atoms with E-state index in [1.54, 1.807) is 6.92 Å². The number of aliphatic carboxylic acids is 2. The Morgan fingerprint density at radius 1 is 0.467 bits per heavy atom. The Balaban J connectivity index is 3.65. The number of carbonyl (C=O) groups is 7. The van der Waals surface area contributed by atoms with Crippen molar-refractivity contribution in [3.63, 3.8) is 0 Å². The number of rotatable bonds is 46. The summed E-state index contributed by atoms with van der Waals surface area (Å²) in [5, 5.41) is 23.7. The van der Waals surface area contributed by atoms with Gasteiger partial charge >= 0.3 is 11.9 Å². The molecule has 0 heterocycles. The van der Waals surface area contributed by atoms with Crippen molar-refractivity contribution >= 4 is 41.1 Å². The van der Waals surface area contributed by atoms with Gasteiger partial charge in [0.25, 0.3) is 0 Å². The number of nitrogens with one attached hydrogen (secondary N) is 2. The first kappa shape index (κ1) is 56.7. The van der Waals surface area contributed by atoms with Crippen molar-refractivity contribution in [3.8, 4) is 0 Å². The van der Waals surface area contributed by atoms with Gasteiger partial charge in [-0.1, -0.05) is 77.0 Å². The molecule has 0 rings (SSSR count). The molecule has 16 heteroatoms. The molecule has 0 aliphatic carbocycles. The van der Waals surface area contributed by atoms with Crippen LogP contribution in [0.4, 0.5) is 0 Å². The number of carbonyl (C=O) groups excluding carboxylic acids is 5. The summed E-state index contributed by atoms with van der Waals surface area (Å²) < 4.78 is 21.4. The quantitative estimate of drug-likeness (QED) is 0.0476. The smallest absolute Gasteiger partial charge is 0.320 e. The van der Waals surface area contributed by atoms with Crippen molar-refractivity contribution in [3.05, 3.63) is 0 Å². The Hall–Kier alpha value is -3.31. The molecule has 0 bridgehead atoms. The van der Waals surface area contributed by atoms with E-state index in [1.165, 1.54) is 51.4 Å². The molecular weight excluding hydrogens is 778 g/mol. The standard InChI is InChI=1S/C44H79N3O13/c1-36(48)19-14-12-10-8-6-4-2-3-5-7-9-11-13-15-20-38(49)33-37(43(53)54)23-24-41(51)47-26-28-58-30-31-59-34-39(50)21-18-27-57-29-32-60-35-42(52)46-25-17-16-22-40(45)44(55)56/h37,40H,2-35,45H2,1H3,(H,46,52)(H,47,51)(H,53,54)(H,55,56)/t37-,40+/m1/s1. The summed E-state index contributed by atoms with van der Waals surface area (Å²) in [5.74, 6) is -3.42. The third kappa shape index (κ3) is 40.1. The monoisotopic (exact) mass is 858 g/mol. The van der Waals surface area contributed by atoms with Crippen LogP contribution in [0.1, 0.15) is 161 Å². The van der Waals surface area contributed by atoms with E-state index in [0.717, 1.165) is 38.5 Å². The minimum atomic E-state index is -1.06. The summed E-state index contributed by atoms with van der Waals surface area (Å²) >= 11 is 0. The fourth-order valence-electron chi connectivity index (χ4n) is 6.29. The average Bonchev–Trinajstić information content (AvgIpc) is 3.20. The van der Waals surface area contributed by atoms with Crippen LogP contribution in [0.15, 0.2) is 0 Å². The Morgan fingerprint density at radius 3 is 1.53 bits per heavy atom. The van der Waals surface area contributed by atoms with Gasteiger partial charge in [-0.2, -0.15) is 0 Å². The zero-order chi connectivity index (χ0) is 44.5. The van der Waals surface area contributed by atoms with Crippen LogP contribution in [0, 0.1) is 5.92 Å². The maximum absolute atomic E-state index is 12.4. The van der Waals surface area contributed by atoms with Crippen LogP contribution in [0.25, 0.3) is 0 Å². The molecule has 0 saturated carbocycles. The lowest BCUT2D eigenvalue weighted by Crippen LogP contribution is -2.31. The van der Waals surface area contributed by atoms with Crippen LogP contribution in [-0.4, -0.2) is 123 Å². The maximum Gasteiger partial charge on any atom is 0.320 e. The molecule has 0 aromatic rings. The molecule has 2 atom stereocenters. The molecule has 0 spiro atoms. The lowest BCUT2D eigenvalue weighted by atomic mass is 9.94. The van der Waals surface area contributed by atoms with E-state index in [-0.39, 0.29) is 101 Å². The highest BCUT2D eigenvalue weighted by molar-refractivity contribution is 5.84. The summed E-state index contributed by atoms with van der Waals surface area (Å²) in [6.07, 6.45) is 19.7. The van der Waals surface area contributed by atoms with Crippen LogP contribution in [0.5, 0.6) is 0 Å². The Kier molecular flexibility index (Phi) is 38.8. The van der Waals surface area contributed by atoms with Gasteiger partial charge in [0.2, 0.25) is 11.8 Å². The lowest BCUT2D eigenvalue weighted by Gasteiger charge is -2.12. The Labute approximate surface area is 358 Å². The molecule has 16 nitrogen and oxygen atoms in total. The van der Waals surface area contributed by atoms with Crippen LogP contribution < -0.4 is 16.4 Å². The highest BCUT2D eigenvalue weighted by atomic mass is 16.5. The number of carboxylic acid groups (broad SMARTS) is 2. The topological polar surface area (TPSA) is 247 Å². The van der Waals surface area contributed by atoms with Gasteiger partial charge in [0.1, 0.15) is 30.8 Å². The van der Waals surface area contributed by atoms with Crippen molar-refractivity contribution in [1.82, 2.24) is 10.6 Å². The number of unbranched alkanes of at least 4 members (excludes halogenated alkanes) is 14. The maximum atomic E-state index is 12.4. The summed E-state index contributed by atoms with van der Waals surface area (Å²) in [4.78, 5) is 81.7. The van der Waals surface area contributed by atoms with Crippen LogP contribution in [-0.2, 0) is 52.5 Å². The van der Waals surface area contributed by atoms with E-state index < -0.39 is 23.9 Å². The summed E-state index contributed by atoms with van der Waals surface area (Å²) in [6.45, 7) is 3.70. The van der Waals surface area contributed by atoms with Gasteiger partial charge in [-0.3, -0.25) is 28.8 Å². The average molecular weight is 858 g/mol. The molecule has 2 amide bonds. The number of carboxylic acids is 2. The highest BCUT2D eigenvalue weighted by Gasteiger charge is 2.22. The van der Waals surface area contributed by atoms with Crippen molar-refractivity contribution in [2.45, 2.75) is 167 Å². The fraction of sp³-hybridized carbons (Fsp3) is 0.841. The predicted octanol–water partition coefficient (Wildman–Crippen LogP) is 5.49. The number of ketones is 3. The molecule has 348 valence electrons. The summed E-state index contributed by atoms with van der Waals surface area (Å²) in [7, 11) is 0. The van der Waals surface area contributed by atoms with E-state index in [9.17, 15) is 38.7 Å². The molecule has 0 aliphatic rings. The molecule has 0 fully saturated rings. The summed E-state index contributed by atoms with van der Waals surface area (Å²) in [5.41, 5.74) is 5.43. The van der Waals surface area contributed by atoms with E-state index in [1.807, 2.05) is 0 Å². The van der Waals surface area contributed by atoms with Crippen molar-refractivity contribution in [2.24, 2.45) is 11.7 Å². The van der Waals surface area contributed by atoms with Crippen molar-refractivity contribution in [2.75, 3.05) is 65.9 Å². The third-order valence-electron chi connectivity index (χ3n) is 9.91. The van der Waals surface area contributed by atoms with Gasteiger partial charge in [0, 0.05) is 51.8 Å². The molecule has 0 radical (unpaired) electrons. The third-order valence-corrected chi connectivity index (χ3v) is 9.91. The second kappa shape index (κ2) is 41.1. The number of Topliss-reactive ketones (excluding diaryl/α,β-unsaturated/α-hetero) is 3. The van der Waals surface area contributed by atoms with Gasteiger partial charge in [0.05, 0.1) is 39.0 Å². The Morgan fingerprint density at radius 2 is 0.967 bits per heavy atom. The first-order valence-corrected chi connectivity index (χ1v) is 22.5. The minimum absolute atomic E-state index is 0.00688. The molecule has 60 heavy (non-hydrogen) atoms. The van der Waals surface area contributed by atoms with Crippen LogP contribution in [0.3, 0.4) is 0 Å². The van der Waals surface area contributed by atoms with E-state index in [0.29, 0.717) is 58.1 Å². The van der Waals surface area contributed by atoms with E-state index in [4.69, 9.17) is 29.8 Å². The first-order chi connectivity index (χ1) is 28.9. The van der Waals surface area contributed by atoms with Gasteiger partial charge in [-0.15, -0.1) is 0 Å². The molecule has 0 unspecified atom stereocenters. The number of amides is 2. The van der Waals surface area contributed by atoms with Crippen molar-refractivity contribution in [1.29, 1.82) is 0 Å². The van der Waals surface area contributed by atoms with Crippen LogP contribution in [0.2, 0.25) is 0 Å². The number of ether oxygens (including phenoxy) is 4. The second-order valence-corrected chi connectivity index (χ2v) is 15.6. The largest absolute Gasteiger partial charge is 0.481 e. The van der Waals surface area contributed by atoms with Crippen LogP contribution >= 0.6 is 0 Å². The zero-order valence-electron chi connectivity index (χ0n) is 36.7. The SMILES string of the molecule is CC(=O)CCCCCCCCCCCCCCCCC(=O)C[C@@H](CCC(=O)NCCOCCOCC(=O)CCCOCCOCC(=O)NCCCC[C@H](N)C(=O)O)C(=O)O. The fourth-order valence-corrected chi connectivity index (χ4v) is 6.29.